The van der Waals surface area contributed by atoms with Gasteiger partial charge in [0.1, 0.15) is 5.75 Å². The predicted molar refractivity (Wildman–Crippen MR) is 137 cm³/mol. The number of phenols is 1. The van der Waals surface area contributed by atoms with E-state index in [9.17, 15) is 10.4 Å². The van der Waals surface area contributed by atoms with E-state index in [0.29, 0.717) is 11.4 Å². The molecule has 0 bridgehead atoms. The number of benzene rings is 3. The molecule has 0 saturated carbocycles. The van der Waals surface area contributed by atoms with Crippen molar-refractivity contribution in [1.82, 2.24) is 0 Å². The van der Waals surface area contributed by atoms with Gasteiger partial charge in [-0.25, -0.2) is 0 Å². The quantitative estimate of drug-likeness (QED) is 0.308. The number of nitrogens with two attached hydrogens (primary N) is 1. The van der Waals surface area contributed by atoms with Crippen LogP contribution >= 0.6 is 11.8 Å². The molecule has 0 fully saturated rings. The molecule has 1 atom stereocenters. The van der Waals surface area contributed by atoms with Gasteiger partial charge in [0.15, 0.2) is 0 Å². The molecule has 0 aromatic heterocycles. The fourth-order valence-corrected chi connectivity index (χ4v) is 3.86. The maximum atomic E-state index is 9.65. The molecule has 3 aromatic carbocycles. The van der Waals surface area contributed by atoms with Crippen LogP contribution in [0.15, 0.2) is 88.9 Å². The van der Waals surface area contributed by atoms with Gasteiger partial charge in [0, 0.05) is 11.8 Å². The van der Waals surface area contributed by atoms with E-state index in [2.05, 4.69) is 29.9 Å². The first-order valence-electron chi connectivity index (χ1n) is 10.5. The second-order valence-electron chi connectivity index (χ2n) is 6.74. The number of hydrogen-bond donors (Lipinski definition) is 2. The number of rotatable bonds is 8. The molecule has 3 N–H and O–H groups in total. The van der Waals surface area contributed by atoms with E-state index >= 15 is 0 Å². The largest absolute Gasteiger partial charge is 0.508 e. The minimum atomic E-state index is -0.0144. The van der Waals surface area contributed by atoms with E-state index in [1.165, 1.54) is 11.8 Å². The SMILES string of the molecule is C=N/C(=C\SCN)C(Cc1ccc(-c2ccccc2C#N)cc1)c1ccc(O)cc1.CC. The smallest absolute Gasteiger partial charge is 0.115 e. The second kappa shape index (κ2) is 13.2. The van der Waals surface area contributed by atoms with Crippen molar-refractivity contribution in [2.24, 2.45) is 10.7 Å². The third-order valence-electron chi connectivity index (χ3n) is 4.89. The number of aromatic hydroxyl groups is 1. The highest BCUT2D eigenvalue weighted by atomic mass is 32.2. The van der Waals surface area contributed by atoms with E-state index in [-0.39, 0.29) is 11.7 Å². The van der Waals surface area contributed by atoms with Gasteiger partial charge >= 0.3 is 0 Å². The third kappa shape index (κ3) is 6.58. The van der Waals surface area contributed by atoms with E-state index in [0.717, 1.165) is 34.4 Å². The molecule has 0 radical (unpaired) electrons. The van der Waals surface area contributed by atoms with Gasteiger partial charge in [0.05, 0.1) is 17.3 Å². The lowest BCUT2D eigenvalue weighted by Crippen LogP contribution is -2.06. The van der Waals surface area contributed by atoms with Crippen LogP contribution in [0.4, 0.5) is 0 Å². The Hall–Kier alpha value is -3.33. The van der Waals surface area contributed by atoms with Gasteiger partial charge < -0.3 is 10.8 Å². The number of phenolic OH excluding ortho intramolecular Hbond substituents is 1. The van der Waals surface area contributed by atoms with Crippen molar-refractivity contribution in [3.05, 3.63) is 101 Å². The van der Waals surface area contributed by atoms with Crippen LogP contribution in [0.3, 0.4) is 0 Å². The van der Waals surface area contributed by atoms with Crippen LogP contribution in [0, 0.1) is 11.3 Å². The van der Waals surface area contributed by atoms with Crippen LogP contribution in [0.1, 0.15) is 36.5 Å². The van der Waals surface area contributed by atoms with Crippen LogP contribution < -0.4 is 5.73 Å². The summed E-state index contributed by atoms with van der Waals surface area (Å²) >= 11 is 1.48. The first kappa shape index (κ1) is 24.9. The molecule has 5 heteroatoms. The predicted octanol–water partition coefficient (Wildman–Crippen LogP) is 6.47. The zero-order valence-electron chi connectivity index (χ0n) is 18.5. The Kier molecular flexibility index (Phi) is 10.3. The number of aliphatic imine (C=N–C) groups is 1. The summed E-state index contributed by atoms with van der Waals surface area (Å²) < 4.78 is 0. The summed E-state index contributed by atoms with van der Waals surface area (Å²) in [7, 11) is 0. The van der Waals surface area contributed by atoms with Gasteiger partial charge in [0.2, 0.25) is 0 Å². The summed E-state index contributed by atoms with van der Waals surface area (Å²) in [6.45, 7) is 7.74. The van der Waals surface area contributed by atoms with Gasteiger partial charge in [-0.3, -0.25) is 4.99 Å². The first-order chi connectivity index (χ1) is 15.7. The summed E-state index contributed by atoms with van der Waals surface area (Å²) in [5, 5.41) is 21.0. The molecular formula is C27H29N3OS. The van der Waals surface area contributed by atoms with Crippen molar-refractivity contribution < 1.29 is 5.11 Å². The Labute approximate surface area is 195 Å². The summed E-state index contributed by atoms with van der Waals surface area (Å²) in [6, 6.07) is 25.2. The lowest BCUT2D eigenvalue weighted by Gasteiger charge is -2.19. The molecule has 0 aliphatic rings. The minimum Gasteiger partial charge on any atom is -0.508 e. The van der Waals surface area contributed by atoms with Crippen molar-refractivity contribution in [3.63, 3.8) is 0 Å². The molecule has 3 aromatic rings. The van der Waals surface area contributed by atoms with Crippen molar-refractivity contribution >= 4 is 18.5 Å². The highest BCUT2D eigenvalue weighted by Gasteiger charge is 2.17. The Balaban J connectivity index is 0.00000176. The molecule has 32 heavy (non-hydrogen) atoms. The molecular weight excluding hydrogens is 414 g/mol. The molecule has 0 aliphatic heterocycles. The van der Waals surface area contributed by atoms with E-state index in [1.54, 1.807) is 12.1 Å². The molecule has 0 aliphatic carbocycles. The van der Waals surface area contributed by atoms with Crippen molar-refractivity contribution in [2.45, 2.75) is 26.2 Å². The summed E-state index contributed by atoms with van der Waals surface area (Å²) in [5.41, 5.74) is 11.3. The highest BCUT2D eigenvalue weighted by molar-refractivity contribution is 8.02. The van der Waals surface area contributed by atoms with Crippen molar-refractivity contribution in [2.75, 3.05) is 5.88 Å². The number of nitriles is 1. The Morgan fingerprint density at radius 1 is 1.09 bits per heavy atom. The molecule has 0 spiro atoms. The topological polar surface area (TPSA) is 82.4 Å². The van der Waals surface area contributed by atoms with E-state index < -0.39 is 0 Å². The number of thioether (sulfide) groups is 1. The monoisotopic (exact) mass is 443 g/mol. The Morgan fingerprint density at radius 2 is 1.75 bits per heavy atom. The van der Waals surface area contributed by atoms with Gasteiger partial charge in [-0.2, -0.15) is 5.26 Å². The van der Waals surface area contributed by atoms with Crippen LogP contribution in [0.5, 0.6) is 5.75 Å². The average molecular weight is 444 g/mol. The van der Waals surface area contributed by atoms with E-state index in [1.807, 2.05) is 67.8 Å². The van der Waals surface area contributed by atoms with Crippen LogP contribution in [0.25, 0.3) is 11.1 Å². The van der Waals surface area contributed by atoms with Gasteiger partial charge in [-0.1, -0.05) is 68.4 Å². The number of nitrogens with zero attached hydrogens (tertiary/aromatic N) is 2. The van der Waals surface area contributed by atoms with Gasteiger partial charge in [-0.15, -0.1) is 11.8 Å². The zero-order valence-corrected chi connectivity index (χ0v) is 19.3. The average Bonchev–Trinajstić information content (AvgIpc) is 2.86. The highest BCUT2D eigenvalue weighted by Crippen LogP contribution is 2.32. The molecule has 1 unspecified atom stereocenters. The first-order valence-corrected chi connectivity index (χ1v) is 11.6. The summed E-state index contributed by atoms with van der Waals surface area (Å²) in [5.74, 6) is 0.680. The Morgan fingerprint density at radius 3 is 2.34 bits per heavy atom. The molecule has 3 rings (SSSR count). The summed E-state index contributed by atoms with van der Waals surface area (Å²) in [6.07, 6.45) is 0.723. The van der Waals surface area contributed by atoms with Crippen molar-refractivity contribution in [1.29, 1.82) is 5.26 Å². The van der Waals surface area contributed by atoms with Crippen LogP contribution in [-0.2, 0) is 6.42 Å². The van der Waals surface area contributed by atoms with Crippen LogP contribution in [0.2, 0.25) is 0 Å². The van der Waals surface area contributed by atoms with Gasteiger partial charge in [-0.05, 0) is 59.0 Å². The lowest BCUT2D eigenvalue weighted by molar-refractivity contribution is 0.475. The fourth-order valence-electron chi connectivity index (χ4n) is 3.35. The van der Waals surface area contributed by atoms with Crippen LogP contribution in [-0.4, -0.2) is 17.7 Å². The summed E-state index contributed by atoms with van der Waals surface area (Å²) in [4.78, 5) is 4.24. The Bertz CT molecular complexity index is 1070. The molecule has 0 heterocycles. The maximum absolute atomic E-state index is 9.65. The minimum absolute atomic E-state index is 0.0144. The lowest BCUT2D eigenvalue weighted by atomic mass is 9.89. The molecule has 0 saturated heterocycles. The van der Waals surface area contributed by atoms with E-state index in [4.69, 9.17) is 5.73 Å². The number of hydrogen-bond acceptors (Lipinski definition) is 5. The zero-order chi connectivity index (χ0) is 23.3. The second-order valence-corrected chi connectivity index (χ2v) is 7.64. The maximum Gasteiger partial charge on any atom is 0.115 e. The fraction of sp³-hybridized carbons (Fsp3) is 0.185. The standard InChI is InChI=1S/C25H23N3OS.C2H6/c1-28-25(16-30-17-27)24(20-10-12-22(29)13-11-20)14-18-6-8-19(9-7-18)23-5-3-2-4-21(23)15-26;1-2/h2-13,16,24,29H,1,14,17,27H2;1-2H3/b25-16-;. The van der Waals surface area contributed by atoms with Crippen molar-refractivity contribution in [3.8, 4) is 22.9 Å². The molecule has 164 valence electrons. The number of allylic oxidation sites excluding steroid dienone is 1. The normalized spacial score (nSPS) is 11.6. The molecule has 4 nitrogen and oxygen atoms in total. The third-order valence-corrected chi connectivity index (χ3v) is 5.49. The molecule has 0 amide bonds. The van der Waals surface area contributed by atoms with Gasteiger partial charge in [0.25, 0.3) is 0 Å².